The highest BCUT2D eigenvalue weighted by Gasteiger charge is 2.11. The maximum Gasteiger partial charge on any atom is 0.191 e. The smallest absolute Gasteiger partial charge is 0.191 e. The van der Waals surface area contributed by atoms with E-state index in [2.05, 4.69) is 43.7 Å². The van der Waals surface area contributed by atoms with Crippen molar-refractivity contribution in [2.45, 2.75) is 32.4 Å². The lowest BCUT2D eigenvalue weighted by atomic mass is 10.2. The minimum absolute atomic E-state index is 0. The first-order valence-corrected chi connectivity index (χ1v) is 7.61. The third kappa shape index (κ3) is 6.34. The van der Waals surface area contributed by atoms with E-state index in [1.54, 1.807) is 0 Å². The van der Waals surface area contributed by atoms with Gasteiger partial charge in [-0.1, -0.05) is 28.1 Å². The zero-order valence-corrected chi connectivity index (χ0v) is 15.8. The van der Waals surface area contributed by atoms with Gasteiger partial charge in [-0.3, -0.25) is 0 Å². The van der Waals surface area contributed by atoms with E-state index >= 15 is 0 Å². The van der Waals surface area contributed by atoms with Crippen molar-refractivity contribution in [3.8, 4) is 0 Å². The summed E-state index contributed by atoms with van der Waals surface area (Å²) in [6, 6.07) is 5.25. The number of aliphatic imine (C=N–C) groups is 1. The van der Waals surface area contributed by atoms with E-state index in [4.69, 9.17) is 0 Å². The maximum absolute atomic E-state index is 13.3. The Balaban J connectivity index is 0.00000220. The summed E-state index contributed by atoms with van der Waals surface area (Å²) in [5.74, 6) is 0.532. The summed E-state index contributed by atoms with van der Waals surface area (Å²) in [5, 5.41) is 6.60. The van der Waals surface area contributed by atoms with Gasteiger partial charge in [-0.25, -0.2) is 9.38 Å². The van der Waals surface area contributed by atoms with Gasteiger partial charge in [-0.05, 0) is 43.5 Å². The molecule has 1 aliphatic rings. The molecule has 3 nitrogen and oxygen atoms in total. The number of nitrogens with zero attached hydrogens (tertiary/aromatic N) is 1. The third-order valence-electron chi connectivity index (χ3n) is 3.04. The van der Waals surface area contributed by atoms with Crippen LogP contribution in [0.1, 0.15) is 25.3 Å². The van der Waals surface area contributed by atoms with Crippen molar-refractivity contribution >= 4 is 45.9 Å². The van der Waals surface area contributed by atoms with Gasteiger partial charge in [0.25, 0.3) is 0 Å². The predicted octanol–water partition coefficient (Wildman–Crippen LogP) is 3.98. The van der Waals surface area contributed by atoms with Crippen LogP contribution in [0.5, 0.6) is 0 Å². The molecule has 1 aromatic rings. The first kappa shape index (κ1) is 18.4. The molecule has 21 heavy (non-hydrogen) atoms. The number of hydrogen-bond acceptors (Lipinski definition) is 1. The zero-order chi connectivity index (χ0) is 14.4. The molecule has 0 amide bonds. The Morgan fingerprint density at radius 2 is 2.05 bits per heavy atom. The number of benzene rings is 1. The molecule has 0 fully saturated rings. The molecule has 0 aliphatic heterocycles. The van der Waals surface area contributed by atoms with Crippen LogP contribution < -0.4 is 10.6 Å². The minimum Gasteiger partial charge on any atom is -0.357 e. The second kappa shape index (κ2) is 9.40. The monoisotopic (exact) mass is 467 g/mol. The number of hydrogen-bond donors (Lipinski definition) is 2. The number of nitrogens with one attached hydrogen (secondary N) is 2. The molecule has 1 aliphatic carbocycles. The Labute approximate surface area is 150 Å². The van der Waals surface area contributed by atoms with Gasteiger partial charge in [0.15, 0.2) is 5.96 Å². The summed E-state index contributed by atoms with van der Waals surface area (Å²) in [5.41, 5.74) is 0.846. The van der Waals surface area contributed by atoms with Crippen molar-refractivity contribution in [1.82, 2.24) is 10.6 Å². The molecule has 0 unspecified atom stereocenters. The lowest BCUT2D eigenvalue weighted by Gasteiger charge is -2.16. The van der Waals surface area contributed by atoms with Crippen LogP contribution in [0.4, 0.5) is 4.39 Å². The predicted molar refractivity (Wildman–Crippen MR) is 99.6 cm³/mol. The summed E-state index contributed by atoms with van der Waals surface area (Å²) in [6.07, 6.45) is 6.39. The first-order valence-electron chi connectivity index (χ1n) is 6.82. The van der Waals surface area contributed by atoms with Crippen molar-refractivity contribution in [1.29, 1.82) is 0 Å². The van der Waals surface area contributed by atoms with Crippen LogP contribution in [-0.2, 0) is 6.54 Å². The molecule has 0 radical (unpaired) electrons. The Morgan fingerprint density at radius 1 is 1.33 bits per heavy atom. The largest absolute Gasteiger partial charge is 0.357 e. The average molecular weight is 468 g/mol. The second-order valence-electron chi connectivity index (χ2n) is 4.76. The molecule has 0 aromatic heterocycles. The van der Waals surface area contributed by atoms with Crippen LogP contribution in [-0.4, -0.2) is 18.5 Å². The fourth-order valence-corrected chi connectivity index (χ4v) is 2.63. The summed E-state index contributed by atoms with van der Waals surface area (Å²) in [7, 11) is 0. The summed E-state index contributed by atoms with van der Waals surface area (Å²) in [6.45, 7) is 3.29. The van der Waals surface area contributed by atoms with Gasteiger partial charge in [-0.2, -0.15) is 0 Å². The van der Waals surface area contributed by atoms with Crippen LogP contribution in [0.2, 0.25) is 0 Å². The molecule has 0 bridgehead atoms. The molecular formula is C15H20BrFIN3. The van der Waals surface area contributed by atoms with E-state index in [0.717, 1.165) is 35.4 Å². The number of halogens is 3. The first-order chi connectivity index (χ1) is 9.67. The molecule has 2 rings (SSSR count). The molecule has 0 saturated heterocycles. The quantitative estimate of drug-likeness (QED) is 0.304. The lowest BCUT2D eigenvalue weighted by Crippen LogP contribution is -2.42. The molecule has 116 valence electrons. The van der Waals surface area contributed by atoms with Crippen LogP contribution in [0.25, 0.3) is 0 Å². The standard InChI is InChI=1S/C15H19BrFN3.HI/c1-2-18-15(20-14-5-3-4-6-14)19-10-11-7-12(16)9-13(17)8-11;/h3-4,7-9,14H,2,5-6,10H2,1H3,(H2,18,19,20);1H. The summed E-state index contributed by atoms with van der Waals surface area (Å²) < 4.78 is 14.0. The van der Waals surface area contributed by atoms with E-state index in [0.29, 0.717) is 12.6 Å². The third-order valence-corrected chi connectivity index (χ3v) is 3.49. The molecule has 2 N–H and O–H groups in total. The van der Waals surface area contributed by atoms with Gasteiger partial charge in [0.1, 0.15) is 5.82 Å². The van der Waals surface area contributed by atoms with Crippen LogP contribution in [0, 0.1) is 5.82 Å². The Hall–Kier alpha value is -0.630. The average Bonchev–Trinajstić information content (AvgIpc) is 2.88. The molecule has 0 spiro atoms. The fourth-order valence-electron chi connectivity index (χ4n) is 2.12. The normalized spacial score (nSPS) is 14.9. The van der Waals surface area contributed by atoms with Gasteiger partial charge in [0.05, 0.1) is 6.54 Å². The Morgan fingerprint density at radius 3 is 2.67 bits per heavy atom. The summed E-state index contributed by atoms with van der Waals surface area (Å²) >= 11 is 3.29. The van der Waals surface area contributed by atoms with Gasteiger partial charge >= 0.3 is 0 Å². The molecule has 6 heteroatoms. The van der Waals surface area contributed by atoms with Crippen molar-refractivity contribution in [2.75, 3.05) is 6.54 Å². The van der Waals surface area contributed by atoms with Crippen molar-refractivity contribution in [3.63, 3.8) is 0 Å². The van der Waals surface area contributed by atoms with Gasteiger partial charge < -0.3 is 10.6 Å². The number of rotatable bonds is 4. The van der Waals surface area contributed by atoms with Gasteiger partial charge in [0, 0.05) is 17.1 Å². The fraction of sp³-hybridized carbons (Fsp3) is 0.400. The van der Waals surface area contributed by atoms with E-state index in [-0.39, 0.29) is 29.8 Å². The van der Waals surface area contributed by atoms with Crippen LogP contribution in [0.15, 0.2) is 39.8 Å². The van der Waals surface area contributed by atoms with E-state index in [9.17, 15) is 4.39 Å². The van der Waals surface area contributed by atoms with Crippen molar-refractivity contribution < 1.29 is 4.39 Å². The topological polar surface area (TPSA) is 36.4 Å². The minimum atomic E-state index is -0.248. The molecule has 0 heterocycles. The highest BCUT2D eigenvalue weighted by Crippen LogP contribution is 2.15. The Bertz CT molecular complexity index is 491. The SMILES string of the molecule is CCNC(=NCc1cc(F)cc(Br)c1)NC1CC=CC1.I. The van der Waals surface area contributed by atoms with E-state index in [1.165, 1.54) is 12.1 Å². The molecule has 1 aromatic carbocycles. The molecule has 0 saturated carbocycles. The van der Waals surface area contributed by atoms with E-state index < -0.39 is 0 Å². The lowest BCUT2D eigenvalue weighted by molar-refractivity contribution is 0.623. The molecular weight excluding hydrogens is 448 g/mol. The second-order valence-corrected chi connectivity index (χ2v) is 5.67. The van der Waals surface area contributed by atoms with Crippen LogP contribution >= 0.6 is 39.9 Å². The van der Waals surface area contributed by atoms with Crippen LogP contribution in [0.3, 0.4) is 0 Å². The zero-order valence-electron chi connectivity index (χ0n) is 11.9. The van der Waals surface area contributed by atoms with Gasteiger partial charge in [-0.15, -0.1) is 24.0 Å². The Kier molecular flexibility index (Phi) is 8.24. The van der Waals surface area contributed by atoms with E-state index in [1.807, 2.05) is 13.0 Å². The van der Waals surface area contributed by atoms with Crippen molar-refractivity contribution in [3.05, 3.63) is 46.2 Å². The van der Waals surface area contributed by atoms with Gasteiger partial charge in [0.2, 0.25) is 0 Å². The molecule has 0 atom stereocenters. The summed E-state index contributed by atoms with van der Waals surface area (Å²) in [4.78, 5) is 4.51. The highest BCUT2D eigenvalue weighted by atomic mass is 127. The highest BCUT2D eigenvalue weighted by molar-refractivity contribution is 14.0. The maximum atomic E-state index is 13.3. The number of guanidine groups is 1. The van der Waals surface area contributed by atoms with Crippen molar-refractivity contribution in [2.24, 2.45) is 4.99 Å².